The molecule has 0 unspecified atom stereocenters. The largest absolute Gasteiger partial charge is 0.459 e. The number of nitrogens with one attached hydrogen (secondary N) is 1. The van der Waals surface area contributed by atoms with Gasteiger partial charge in [-0.25, -0.2) is 0 Å². The van der Waals surface area contributed by atoms with Crippen molar-refractivity contribution in [2.75, 3.05) is 5.32 Å². The fraction of sp³-hybridized carbons (Fsp3) is 0.105. The third kappa shape index (κ3) is 2.02. The van der Waals surface area contributed by atoms with Crippen LogP contribution in [0.5, 0.6) is 0 Å². The van der Waals surface area contributed by atoms with Crippen molar-refractivity contribution in [1.29, 1.82) is 0 Å². The summed E-state index contributed by atoms with van der Waals surface area (Å²) in [6, 6.07) is 16.3. The summed E-state index contributed by atoms with van der Waals surface area (Å²) in [4.78, 5) is 12.2. The van der Waals surface area contributed by atoms with Crippen molar-refractivity contribution in [2.24, 2.45) is 0 Å². The smallest absolute Gasteiger partial charge is 0.291 e. The molecule has 1 aliphatic carbocycles. The van der Waals surface area contributed by atoms with Crippen LogP contribution < -0.4 is 5.32 Å². The monoisotopic (exact) mass is 289 g/mol. The van der Waals surface area contributed by atoms with E-state index in [-0.39, 0.29) is 5.91 Å². The number of aryl methyl sites for hydroxylation is 1. The lowest BCUT2D eigenvalue weighted by atomic mass is 10.1. The fourth-order valence-electron chi connectivity index (χ4n) is 3.02. The molecule has 22 heavy (non-hydrogen) atoms. The van der Waals surface area contributed by atoms with Crippen LogP contribution in [0, 0.1) is 6.92 Å². The van der Waals surface area contributed by atoms with Gasteiger partial charge in [0.1, 0.15) is 0 Å². The van der Waals surface area contributed by atoms with E-state index in [0.29, 0.717) is 5.76 Å². The minimum atomic E-state index is -0.210. The molecule has 0 bridgehead atoms. The van der Waals surface area contributed by atoms with Gasteiger partial charge >= 0.3 is 0 Å². The van der Waals surface area contributed by atoms with Crippen LogP contribution in [0.2, 0.25) is 0 Å². The Morgan fingerprint density at radius 2 is 1.86 bits per heavy atom. The summed E-state index contributed by atoms with van der Waals surface area (Å²) in [7, 11) is 0. The van der Waals surface area contributed by atoms with E-state index in [2.05, 4.69) is 35.6 Å². The molecule has 1 aromatic heterocycles. The first-order valence-electron chi connectivity index (χ1n) is 7.29. The number of hydrogen-bond acceptors (Lipinski definition) is 2. The molecule has 1 N–H and O–H groups in total. The minimum Gasteiger partial charge on any atom is -0.459 e. The molecule has 3 heteroatoms. The van der Waals surface area contributed by atoms with Crippen LogP contribution >= 0.6 is 0 Å². The van der Waals surface area contributed by atoms with Gasteiger partial charge in [0.25, 0.3) is 5.91 Å². The van der Waals surface area contributed by atoms with E-state index >= 15 is 0 Å². The second-order valence-corrected chi connectivity index (χ2v) is 5.59. The Morgan fingerprint density at radius 3 is 2.68 bits per heavy atom. The molecule has 0 radical (unpaired) electrons. The number of rotatable bonds is 2. The second kappa shape index (κ2) is 4.88. The zero-order valence-corrected chi connectivity index (χ0v) is 12.2. The van der Waals surface area contributed by atoms with Crippen LogP contribution in [-0.4, -0.2) is 5.91 Å². The quantitative estimate of drug-likeness (QED) is 0.594. The Morgan fingerprint density at radius 1 is 1.05 bits per heavy atom. The van der Waals surface area contributed by atoms with Crippen molar-refractivity contribution in [3.63, 3.8) is 0 Å². The highest BCUT2D eigenvalue weighted by Gasteiger charge is 2.19. The Hall–Kier alpha value is -2.81. The molecule has 3 aromatic rings. The number of carbonyl (C=O) groups is 1. The zero-order valence-electron chi connectivity index (χ0n) is 12.2. The molecule has 1 amide bonds. The second-order valence-electron chi connectivity index (χ2n) is 5.59. The average molecular weight is 289 g/mol. The van der Waals surface area contributed by atoms with Gasteiger partial charge in [-0.05, 0) is 53.8 Å². The van der Waals surface area contributed by atoms with E-state index in [0.717, 1.165) is 17.7 Å². The third-order valence-electron chi connectivity index (χ3n) is 4.12. The molecular weight excluding hydrogens is 274 g/mol. The lowest BCUT2D eigenvalue weighted by Crippen LogP contribution is -2.12. The summed E-state index contributed by atoms with van der Waals surface area (Å²) in [6.45, 7) is 1.86. The van der Waals surface area contributed by atoms with Crippen LogP contribution in [0.3, 0.4) is 0 Å². The number of amides is 1. The summed E-state index contributed by atoms with van der Waals surface area (Å²) in [6.07, 6.45) is 2.44. The van der Waals surface area contributed by atoms with Gasteiger partial charge in [-0.1, -0.05) is 30.3 Å². The van der Waals surface area contributed by atoms with Gasteiger partial charge < -0.3 is 9.73 Å². The topological polar surface area (TPSA) is 42.2 Å². The summed E-state index contributed by atoms with van der Waals surface area (Å²) < 4.78 is 5.23. The Balaban J connectivity index is 1.63. The molecule has 1 heterocycles. The van der Waals surface area contributed by atoms with Crippen LogP contribution in [0.25, 0.3) is 11.1 Å². The lowest BCUT2D eigenvalue weighted by molar-refractivity contribution is 0.0996. The van der Waals surface area contributed by atoms with Gasteiger partial charge in [0.2, 0.25) is 0 Å². The predicted octanol–water partition coefficient (Wildman–Crippen LogP) is 4.41. The fourth-order valence-corrected chi connectivity index (χ4v) is 3.02. The minimum absolute atomic E-state index is 0.210. The number of fused-ring (bicyclic) bond motifs is 3. The summed E-state index contributed by atoms with van der Waals surface area (Å²) in [5, 5.41) is 2.91. The van der Waals surface area contributed by atoms with E-state index in [1.54, 1.807) is 6.07 Å². The number of benzene rings is 2. The van der Waals surface area contributed by atoms with Crippen LogP contribution in [0.1, 0.15) is 27.2 Å². The van der Waals surface area contributed by atoms with Crippen LogP contribution in [-0.2, 0) is 6.42 Å². The number of anilines is 1. The van der Waals surface area contributed by atoms with Gasteiger partial charge in [-0.2, -0.15) is 0 Å². The third-order valence-corrected chi connectivity index (χ3v) is 4.12. The van der Waals surface area contributed by atoms with E-state index < -0.39 is 0 Å². The van der Waals surface area contributed by atoms with Crippen LogP contribution in [0.15, 0.2) is 59.2 Å². The molecule has 108 valence electrons. The van der Waals surface area contributed by atoms with Crippen molar-refractivity contribution in [3.8, 4) is 11.1 Å². The summed E-state index contributed by atoms with van der Waals surface area (Å²) >= 11 is 0. The Labute approximate surface area is 128 Å². The first-order valence-corrected chi connectivity index (χ1v) is 7.29. The first-order chi connectivity index (χ1) is 10.7. The highest BCUT2D eigenvalue weighted by Crippen LogP contribution is 2.37. The first kappa shape index (κ1) is 12.9. The maximum absolute atomic E-state index is 12.2. The van der Waals surface area contributed by atoms with E-state index in [1.807, 2.05) is 19.1 Å². The Kier molecular flexibility index (Phi) is 2.86. The summed E-state index contributed by atoms with van der Waals surface area (Å²) in [5.74, 6) is 0.154. The molecule has 3 nitrogen and oxygen atoms in total. The number of carbonyl (C=O) groups excluding carboxylic acids is 1. The van der Waals surface area contributed by atoms with E-state index in [1.165, 1.54) is 28.5 Å². The normalized spacial score (nSPS) is 11.9. The van der Waals surface area contributed by atoms with Crippen molar-refractivity contribution in [1.82, 2.24) is 0 Å². The standard InChI is InChI=1S/C19H15NO2/c1-12-8-9-22-18(12)19(21)20-15-6-7-17-14(11-15)10-13-4-2-3-5-16(13)17/h2-9,11H,10H2,1H3,(H,20,21). The SMILES string of the molecule is Cc1ccoc1C(=O)Nc1ccc2c(c1)Cc1ccccc1-2. The maximum Gasteiger partial charge on any atom is 0.291 e. The molecule has 0 saturated heterocycles. The van der Waals surface area contributed by atoms with Crippen molar-refractivity contribution < 1.29 is 9.21 Å². The van der Waals surface area contributed by atoms with Gasteiger partial charge in [-0.3, -0.25) is 4.79 Å². The highest BCUT2D eigenvalue weighted by molar-refractivity contribution is 6.03. The molecule has 1 aliphatic rings. The van der Waals surface area contributed by atoms with Crippen molar-refractivity contribution in [3.05, 3.63) is 77.2 Å². The van der Waals surface area contributed by atoms with Crippen molar-refractivity contribution in [2.45, 2.75) is 13.3 Å². The molecule has 0 atom stereocenters. The highest BCUT2D eigenvalue weighted by atomic mass is 16.3. The van der Waals surface area contributed by atoms with Crippen LogP contribution in [0.4, 0.5) is 5.69 Å². The number of furan rings is 1. The predicted molar refractivity (Wildman–Crippen MR) is 86.1 cm³/mol. The van der Waals surface area contributed by atoms with Gasteiger partial charge in [-0.15, -0.1) is 0 Å². The average Bonchev–Trinajstić information content (AvgIpc) is 3.10. The molecule has 4 rings (SSSR count). The lowest BCUT2D eigenvalue weighted by Gasteiger charge is -2.07. The van der Waals surface area contributed by atoms with E-state index in [4.69, 9.17) is 4.42 Å². The molecule has 0 fully saturated rings. The molecule has 0 saturated carbocycles. The number of hydrogen-bond donors (Lipinski definition) is 1. The molecule has 0 spiro atoms. The van der Waals surface area contributed by atoms with Gasteiger partial charge in [0, 0.05) is 11.3 Å². The zero-order chi connectivity index (χ0) is 15.1. The molecule has 0 aliphatic heterocycles. The summed E-state index contributed by atoms with van der Waals surface area (Å²) in [5.41, 5.74) is 6.76. The molecular formula is C19H15NO2. The van der Waals surface area contributed by atoms with Crippen molar-refractivity contribution >= 4 is 11.6 Å². The van der Waals surface area contributed by atoms with E-state index in [9.17, 15) is 4.79 Å². The Bertz CT molecular complexity index is 877. The van der Waals surface area contributed by atoms with Gasteiger partial charge in [0.15, 0.2) is 5.76 Å². The maximum atomic E-state index is 12.2. The van der Waals surface area contributed by atoms with Gasteiger partial charge in [0.05, 0.1) is 6.26 Å². The molecule has 2 aromatic carbocycles.